The van der Waals surface area contributed by atoms with Crippen LogP contribution < -0.4 is 24.0 Å². The minimum Gasteiger partial charge on any atom is -0.497 e. The maximum atomic E-state index is 5.84. The number of hydrogen-bond donors (Lipinski definition) is 1. The highest BCUT2D eigenvalue weighted by Crippen LogP contribution is 2.34. The zero-order valence-electron chi connectivity index (χ0n) is 11.3. The summed E-state index contributed by atoms with van der Waals surface area (Å²) in [4.78, 5) is 0. The third-order valence-electron chi connectivity index (χ3n) is 2.51. The van der Waals surface area contributed by atoms with E-state index in [-0.39, 0.29) is 0 Å². The second kappa shape index (κ2) is 6.98. The first-order valence-electron chi connectivity index (χ1n) is 5.90. The number of nitrogens with two attached hydrogens (primary N) is 1. The van der Waals surface area contributed by atoms with E-state index in [1.807, 2.05) is 0 Å². The first-order chi connectivity index (χ1) is 9.71. The Balaban J connectivity index is 1.91. The van der Waals surface area contributed by atoms with Crippen LogP contribution in [0.5, 0.6) is 23.0 Å². The van der Waals surface area contributed by atoms with Gasteiger partial charge in [-0.2, -0.15) is 0 Å². The first-order valence-corrected chi connectivity index (χ1v) is 7.15. The van der Waals surface area contributed by atoms with Crippen molar-refractivity contribution in [2.24, 2.45) is 5.50 Å². The molecule has 0 radical (unpaired) electrons. The van der Waals surface area contributed by atoms with Gasteiger partial charge in [0.05, 0.1) is 14.2 Å². The smallest absolute Gasteiger partial charge is 0.378 e. The summed E-state index contributed by atoms with van der Waals surface area (Å²) in [5, 5.41) is 0. The highest BCUT2D eigenvalue weighted by molar-refractivity contribution is 7.45. The van der Waals surface area contributed by atoms with Crippen LogP contribution in [-0.4, -0.2) is 14.2 Å². The lowest BCUT2D eigenvalue weighted by atomic mass is 10.3. The van der Waals surface area contributed by atoms with Gasteiger partial charge < -0.3 is 18.5 Å². The van der Waals surface area contributed by atoms with Crippen molar-refractivity contribution >= 4 is 8.53 Å². The summed E-state index contributed by atoms with van der Waals surface area (Å²) in [7, 11) is 1.68. The second-order valence-corrected chi connectivity index (χ2v) is 4.75. The van der Waals surface area contributed by atoms with Crippen molar-refractivity contribution in [3.8, 4) is 23.0 Å². The fourth-order valence-corrected chi connectivity index (χ4v) is 2.20. The molecule has 2 N–H and O–H groups in total. The molecule has 5 nitrogen and oxygen atoms in total. The lowest BCUT2D eigenvalue weighted by molar-refractivity contribution is 0.413. The minimum atomic E-state index is -1.54. The Labute approximate surface area is 119 Å². The molecule has 0 saturated carbocycles. The van der Waals surface area contributed by atoms with Crippen LogP contribution in [0.1, 0.15) is 0 Å². The van der Waals surface area contributed by atoms with Crippen LogP contribution in [0.2, 0.25) is 0 Å². The quantitative estimate of drug-likeness (QED) is 0.827. The van der Waals surface area contributed by atoms with Crippen LogP contribution >= 0.6 is 8.53 Å². The monoisotopic (exact) mass is 293 g/mol. The summed E-state index contributed by atoms with van der Waals surface area (Å²) in [5.74, 6) is 2.78. The molecule has 0 atom stereocenters. The number of hydrogen-bond acceptors (Lipinski definition) is 5. The average Bonchev–Trinajstić information content (AvgIpc) is 2.49. The van der Waals surface area contributed by atoms with E-state index in [1.54, 1.807) is 62.8 Å². The van der Waals surface area contributed by atoms with E-state index in [2.05, 4.69) is 0 Å². The van der Waals surface area contributed by atoms with Crippen LogP contribution in [0.15, 0.2) is 48.5 Å². The van der Waals surface area contributed by atoms with Gasteiger partial charge in [-0.1, -0.05) is 0 Å². The molecule has 106 valence electrons. The zero-order chi connectivity index (χ0) is 14.4. The topological polar surface area (TPSA) is 62.9 Å². The molecule has 20 heavy (non-hydrogen) atoms. The molecular formula is C14H16NO4P. The lowest BCUT2D eigenvalue weighted by Crippen LogP contribution is -2.03. The molecule has 0 amide bonds. The lowest BCUT2D eigenvalue weighted by Gasteiger charge is -2.14. The third kappa shape index (κ3) is 4.02. The van der Waals surface area contributed by atoms with E-state index in [4.69, 9.17) is 24.0 Å². The van der Waals surface area contributed by atoms with Crippen LogP contribution in [0.25, 0.3) is 0 Å². The van der Waals surface area contributed by atoms with Crippen LogP contribution in [-0.2, 0) is 0 Å². The number of rotatable bonds is 6. The predicted octanol–water partition coefficient (Wildman–Crippen LogP) is 3.35. The van der Waals surface area contributed by atoms with Gasteiger partial charge in [-0.15, -0.1) is 0 Å². The molecule has 0 fully saturated rings. The van der Waals surface area contributed by atoms with Gasteiger partial charge in [0.15, 0.2) is 0 Å². The Kier molecular flexibility index (Phi) is 5.04. The molecule has 0 bridgehead atoms. The van der Waals surface area contributed by atoms with Gasteiger partial charge in [0.1, 0.15) is 23.0 Å². The van der Waals surface area contributed by atoms with Crippen molar-refractivity contribution < 1.29 is 18.5 Å². The Morgan fingerprint density at radius 1 is 0.650 bits per heavy atom. The van der Waals surface area contributed by atoms with Gasteiger partial charge in [0, 0.05) is 0 Å². The molecule has 0 aliphatic rings. The minimum absolute atomic E-state index is 0.632. The Morgan fingerprint density at radius 3 is 1.25 bits per heavy atom. The van der Waals surface area contributed by atoms with E-state index >= 15 is 0 Å². The second-order valence-electron chi connectivity index (χ2n) is 3.82. The molecular weight excluding hydrogens is 277 g/mol. The van der Waals surface area contributed by atoms with Crippen molar-refractivity contribution in [1.82, 2.24) is 0 Å². The number of ether oxygens (including phenoxy) is 2. The van der Waals surface area contributed by atoms with Crippen LogP contribution in [0.3, 0.4) is 0 Å². The molecule has 2 rings (SSSR count). The van der Waals surface area contributed by atoms with Crippen LogP contribution in [0, 0.1) is 0 Å². The van der Waals surface area contributed by atoms with Gasteiger partial charge in [0.25, 0.3) is 0 Å². The maximum absolute atomic E-state index is 5.84. The standard InChI is InChI=1S/C14H16NO4P/c1-16-11-3-7-13(8-4-11)18-20(15)19-14-9-5-12(17-2)6-10-14/h3-10H,15H2,1-2H3. The fraction of sp³-hybridized carbons (Fsp3) is 0.143. The number of methoxy groups -OCH3 is 2. The van der Waals surface area contributed by atoms with Crippen molar-refractivity contribution in [3.63, 3.8) is 0 Å². The Bertz CT molecular complexity index is 480. The van der Waals surface area contributed by atoms with Crippen molar-refractivity contribution in [3.05, 3.63) is 48.5 Å². The van der Waals surface area contributed by atoms with Gasteiger partial charge >= 0.3 is 8.53 Å². The molecule has 0 unspecified atom stereocenters. The first kappa shape index (κ1) is 14.4. The highest BCUT2D eigenvalue weighted by atomic mass is 31.2. The molecule has 6 heteroatoms. The Morgan fingerprint density at radius 2 is 0.950 bits per heavy atom. The van der Waals surface area contributed by atoms with Crippen molar-refractivity contribution in [1.29, 1.82) is 0 Å². The van der Waals surface area contributed by atoms with Gasteiger partial charge in [-0.3, -0.25) is 0 Å². The van der Waals surface area contributed by atoms with E-state index in [0.717, 1.165) is 11.5 Å². The normalized spacial score (nSPS) is 10.2. The Hall–Kier alpha value is -1.97. The summed E-state index contributed by atoms with van der Waals surface area (Å²) >= 11 is 0. The summed E-state index contributed by atoms with van der Waals surface area (Å²) in [5.41, 5.74) is 5.84. The largest absolute Gasteiger partial charge is 0.497 e. The van der Waals surface area contributed by atoms with E-state index in [0.29, 0.717) is 11.5 Å². The summed E-state index contributed by atoms with van der Waals surface area (Å²) in [6.45, 7) is 0. The van der Waals surface area contributed by atoms with Crippen molar-refractivity contribution in [2.75, 3.05) is 14.2 Å². The maximum Gasteiger partial charge on any atom is 0.378 e. The molecule has 0 saturated heterocycles. The molecule has 2 aromatic rings. The molecule has 0 aliphatic carbocycles. The molecule has 0 aromatic heterocycles. The van der Waals surface area contributed by atoms with E-state index < -0.39 is 8.53 Å². The van der Waals surface area contributed by atoms with Crippen molar-refractivity contribution in [2.45, 2.75) is 0 Å². The fourth-order valence-electron chi connectivity index (χ4n) is 1.50. The summed E-state index contributed by atoms with van der Waals surface area (Å²) < 4.78 is 21.1. The third-order valence-corrected chi connectivity index (χ3v) is 3.29. The van der Waals surface area contributed by atoms with Gasteiger partial charge in [0.2, 0.25) is 0 Å². The number of benzene rings is 2. The highest BCUT2D eigenvalue weighted by Gasteiger charge is 2.09. The summed E-state index contributed by atoms with van der Waals surface area (Å²) in [6, 6.07) is 14.3. The van der Waals surface area contributed by atoms with E-state index in [1.165, 1.54) is 0 Å². The van der Waals surface area contributed by atoms with Gasteiger partial charge in [-0.25, -0.2) is 5.50 Å². The zero-order valence-corrected chi connectivity index (χ0v) is 12.2. The molecule has 0 heterocycles. The molecule has 2 aromatic carbocycles. The van der Waals surface area contributed by atoms with E-state index in [9.17, 15) is 0 Å². The summed E-state index contributed by atoms with van der Waals surface area (Å²) in [6.07, 6.45) is 0. The average molecular weight is 293 g/mol. The molecule has 0 aliphatic heterocycles. The SMILES string of the molecule is COc1ccc(OP(N)Oc2ccc(OC)cc2)cc1. The van der Waals surface area contributed by atoms with Crippen LogP contribution in [0.4, 0.5) is 0 Å². The predicted molar refractivity (Wildman–Crippen MR) is 78.4 cm³/mol. The van der Waals surface area contributed by atoms with Gasteiger partial charge in [-0.05, 0) is 48.5 Å². The molecule has 0 spiro atoms.